The normalized spacial score (nSPS) is 11.6. The van der Waals surface area contributed by atoms with E-state index in [-0.39, 0.29) is 5.78 Å². The van der Waals surface area contributed by atoms with Crippen molar-refractivity contribution in [3.8, 4) is 6.07 Å². The largest absolute Gasteiger partial charge is 0.345 e. The van der Waals surface area contributed by atoms with Gasteiger partial charge in [0.25, 0.3) is 0 Å². The molecule has 24 heavy (non-hydrogen) atoms. The molecule has 0 aliphatic heterocycles. The van der Waals surface area contributed by atoms with E-state index in [0.717, 1.165) is 6.42 Å². The number of aryl methyl sites for hydroxylation is 2. The third-order valence-electron chi connectivity index (χ3n) is 3.94. The van der Waals surface area contributed by atoms with Crippen LogP contribution in [-0.2, 0) is 13.0 Å². The molecule has 0 bridgehead atoms. The zero-order valence-corrected chi connectivity index (χ0v) is 13.2. The van der Waals surface area contributed by atoms with Gasteiger partial charge < -0.3 is 4.57 Å². The number of Topliss-reactive ketones (excluding diaryl/α,β-unsaturated/α-hetero) is 1. The SMILES string of the molecule is N#C[C@H](C(=O)c1cccn1CCc1ccccc1)c1ccccn1. The maximum Gasteiger partial charge on any atom is 0.202 e. The predicted octanol–water partition coefficient (Wildman–Crippen LogP) is 3.62. The molecule has 2 heterocycles. The van der Waals surface area contributed by atoms with Gasteiger partial charge in [-0.3, -0.25) is 9.78 Å². The first kappa shape index (κ1) is 15.7. The summed E-state index contributed by atoms with van der Waals surface area (Å²) < 4.78 is 1.91. The number of carbonyl (C=O) groups excluding carboxylic acids is 1. The van der Waals surface area contributed by atoms with Gasteiger partial charge in [-0.15, -0.1) is 0 Å². The number of benzene rings is 1. The topological polar surface area (TPSA) is 58.7 Å². The second kappa shape index (κ2) is 7.38. The van der Waals surface area contributed by atoms with Gasteiger partial charge in [0.05, 0.1) is 17.5 Å². The Morgan fingerprint density at radius 3 is 2.58 bits per heavy atom. The van der Waals surface area contributed by atoms with Gasteiger partial charge in [0.15, 0.2) is 5.92 Å². The molecule has 0 fully saturated rings. The van der Waals surface area contributed by atoms with Gasteiger partial charge in [-0.25, -0.2) is 0 Å². The summed E-state index contributed by atoms with van der Waals surface area (Å²) in [5.74, 6) is -1.09. The van der Waals surface area contributed by atoms with Crippen molar-refractivity contribution >= 4 is 5.78 Å². The van der Waals surface area contributed by atoms with Gasteiger partial charge in [0.2, 0.25) is 5.78 Å². The number of hydrogen-bond donors (Lipinski definition) is 0. The molecule has 0 aliphatic carbocycles. The van der Waals surface area contributed by atoms with Gasteiger partial charge >= 0.3 is 0 Å². The molecule has 0 spiro atoms. The minimum atomic E-state index is -0.878. The molecule has 0 saturated heterocycles. The number of ketones is 1. The molecule has 1 atom stereocenters. The van der Waals surface area contributed by atoms with Crippen LogP contribution in [0.15, 0.2) is 73.1 Å². The Balaban J connectivity index is 1.79. The highest BCUT2D eigenvalue weighted by Crippen LogP contribution is 2.19. The molecular weight excluding hydrogens is 298 g/mol. The van der Waals surface area contributed by atoms with E-state index in [1.54, 1.807) is 30.5 Å². The van der Waals surface area contributed by atoms with E-state index in [0.29, 0.717) is 17.9 Å². The molecule has 0 amide bonds. The van der Waals surface area contributed by atoms with Crippen LogP contribution >= 0.6 is 0 Å². The summed E-state index contributed by atoms with van der Waals surface area (Å²) in [4.78, 5) is 16.9. The fraction of sp³-hybridized carbons (Fsp3) is 0.150. The second-order valence-electron chi connectivity index (χ2n) is 5.50. The Labute approximate surface area is 141 Å². The lowest BCUT2D eigenvalue weighted by Crippen LogP contribution is -2.17. The molecule has 0 N–H and O–H groups in total. The van der Waals surface area contributed by atoms with E-state index in [1.807, 2.05) is 35.0 Å². The minimum Gasteiger partial charge on any atom is -0.345 e. The van der Waals surface area contributed by atoms with Crippen LogP contribution < -0.4 is 0 Å². The van der Waals surface area contributed by atoms with Crippen molar-refractivity contribution in [2.45, 2.75) is 18.9 Å². The molecule has 0 saturated carbocycles. The Morgan fingerprint density at radius 1 is 1.08 bits per heavy atom. The molecule has 4 heteroatoms. The van der Waals surface area contributed by atoms with Gasteiger partial charge in [-0.05, 0) is 36.2 Å². The zero-order chi connectivity index (χ0) is 16.8. The number of nitriles is 1. The average Bonchev–Trinajstić information content (AvgIpc) is 3.11. The number of carbonyl (C=O) groups is 1. The van der Waals surface area contributed by atoms with Crippen molar-refractivity contribution in [1.82, 2.24) is 9.55 Å². The van der Waals surface area contributed by atoms with Crippen LogP contribution in [0.2, 0.25) is 0 Å². The van der Waals surface area contributed by atoms with Crippen molar-refractivity contribution in [2.24, 2.45) is 0 Å². The third kappa shape index (κ3) is 3.41. The predicted molar refractivity (Wildman–Crippen MR) is 91.5 cm³/mol. The minimum absolute atomic E-state index is 0.214. The summed E-state index contributed by atoms with van der Waals surface area (Å²) in [6, 6.07) is 21.1. The fourth-order valence-electron chi connectivity index (χ4n) is 2.68. The van der Waals surface area contributed by atoms with E-state index in [2.05, 4.69) is 23.2 Å². The summed E-state index contributed by atoms with van der Waals surface area (Å²) >= 11 is 0. The Kier molecular flexibility index (Phi) is 4.83. The third-order valence-corrected chi connectivity index (χ3v) is 3.94. The van der Waals surface area contributed by atoms with Gasteiger partial charge in [0.1, 0.15) is 0 Å². The standard InChI is InChI=1S/C20H17N3O/c21-15-17(18-9-4-5-12-22-18)20(24)19-10-6-13-23(19)14-11-16-7-2-1-3-8-16/h1-10,12-13,17H,11,14H2/t17-/m0/s1. The fourth-order valence-corrected chi connectivity index (χ4v) is 2.68. The summed E-state index contributed by atoms with van der Waals surface area (Å²) in [6.45, 7) is 0.693. The Hall–Kier alpha value is -3.19. The molecule has 3 aromatic rings. The van der Waals surface area contributed by atoms with Gasteiger partial charge in [0, 0.05) is 18.9 Å². The number of nitrogens with zero attached hydrogens (tertiary/aromatic N) is 3. The first-order valence-electron chi connectivity index (χ1n) is 7.83. The molecule has 0 aliphatic rings. The lowest BCUT2D eigenvalue weighted by molar-refractivity contribution is 0.0968. The maximum absolute atomic E-state index is 12.8. The molecule has 2 aromatic heterocycles. The summed E-state index contributed by atoms with van der Waals surface area (Å²) in [6.07, 6.45) is 4.31. The van der Waals surface area contributed by atoms with Crippen LogP contribution in [0.5, 0.6) is 0 Å². The second-order valence-corrected chi connectivity index (χ2v) is 5.50. The van der Waals surface area contributed by atoms with Gasteiger partial charge in [-0.2, -0.15) is 5.26 Å². The monoisotopic (exact) mass is 315 g/mol. The average molecular weight is 315 g/mol. The van der Waals surface area contributed by atoms with E-state index >= 15 is 0 Å². The van der Waals surface area contributed by atoms with E-state index in [4.69, 9.17) is 0 Å². The van der Waals surface area contributed by atoms with E-state index in [9.17, 15) is 10.1 Å². The first-order chi connectivity index (χ1) is 11.8. The Morgan fingerprint density at radius 2 is 1.88 bits per heavy atom. The highest BCUT2D eigenvalue weighted by Gasteiger charge is 2.25. The Bertz CT molecular complexity index is 847. The van der Waals surface area contributed by atoms with E-state index in [1.165, 1.54) is 5.56 Å². The van der Waals surface area contributed by atoms with Crippen molar-refractivity contribution in [3.05, 3.63) is 90.0 Å². The number of rotatable bonds is 6. The zero-order valence-electron chi connectivity index (χ0n) is 13.2. The van der Waals surface area contributed by atoms with Gasteiger partial charge in [-0.1, -0.05) is 36.4 Å². The molecule has 118 valence electrons. The smallest absolute Gasteiger partial charge is 0.202 e. The van der Waals surface area contributed by atoms with Crippen molar-refractivity contribution in [2.75, 3.05) is 0 Å². The molecule has 0 unspecified atom stereocenters. The van der Waals surface area contributed by atoms with Crippen LogP contribution in [0, 0.1) is 11.3 Å². The van der Waals surface area contributed by atoms with Crippen LogP contribution in [0.3, 0.4) is 0 Å². The highest BCUT2D eigenvalue weighted by molar-refractivity contribution is 6.01. The quantitative estimate of drug-likeness (QED) is 0.653. The van der Waals surface area contributed by atoms with E-state index < -0.39 is 5.92 Å². The molecular formula is C20H17N3O. The first-order valence-corrected chi connectivity index (χ1v) is 7.83. The van der Waals surface area contributed by atoms with Crippen LogP contribution in [0.4, 0.5) is 0 Å². The lowest BCUT2D eigenvalue weighted by Gasteiger charge is -2.11. The van der Waals surface area contributed by atoms with Crippen molar-refractivity contribution in [3.63, 3.8) is 0 Å². The number of aromatic nitrogens is 2. The molecule has 0 radical (unpaired) electrons. The van der Waals surface area contributed by atoms with Crippen LogP contribution in [0.1, 0.15) is 27.7 Å². The molecule has 4 nitrogen and oxygen atoms in total. The molecule has 1 aromatic carbocycles. The highest BCUT2D eigenvalue weighted by atomic mass is 16.1. The maximum atomic E-state index is 12.8. The van der Waals surface area contributed by atoms with Crippen molar-refractivity contribution < 1.29 is 4.79 Å². The van der Waals surface area contributed by atoms with Crippen molar-refractivity contribution in [1.29, 1.82) is 5.26 Å². The summed E-state index contributed by atoms with van der Waals surface area (Å²) in [5.41, 5.74) is 2.25. The number of pyridine rings is 1. The lowest BCUT2D eigenvalue weighted by atomic mass is 9.98. The number of hydrogen-bond acceptors (Lipinski definition) is 3. The summed E-state index contributed by atoms with van der Waals surface area (Å²) in [7, 11) is 0. The van der Waals surface area contributed by atoms with Crippen LogP contribution in [0.25, 0.3) is 0 Å². The molecule has 3 rings (SSSR count). The van der Waals surface area contributed by atoms with Crippen LogP contribution in [-0.4, -0.2) is 15.3 Å². The summed E-state index contributed by atoms with van der Waals surface area (Å²) in [5, 5.41) is 9.43.